The number of fused-ring (bicyclic) bond motifs is 1. The number of rotatable bonds is 3. The van der Waals surface area contributed by atoms with E-state index in [4.69, 9.17) is 5.11 Å². The summed E-state index contributed by atoms with van der Waals surface area (Å²) in [5.74, 6) is 0. The second kappa shape index (κ2) is 3.82. The largest absolute Gasteiger partial charge is 0.396 e. The highest BCUT2D eigenvalue weighted by molar-refractivity contribution is 5.88. The van der Waals surface area contributed by atoms with Gasteiger partial charge in [0.25, 0.3) is 0 Å². The summed E-state index contributed by atoms with van der Waals surface area (Å²) in [6.07, 6.45) is 2.05. The maximum atomic E-state index is 8.86. The van der Waals surface area contributed by atoms with Crippen molar-refractivity contribution in [2.45, 2.75) is 13.3 Å². The Bertz CT molecular complexity index is 502. The first-order valence-corrected chi connectivity index (χ1v) is 4.81. The molecule has 0 aliphatic carbocycles. The van der Waals surface area contributed by atoms with Gasteiger partial charge in [0.2, 0.25) is 0 Å². The molecule has 78 valence electrons. The van der Waals surface area contributed by atoms with Gasteiger partial charge in [-0.1, -0.05) is 6.58 Å². The van der Waals surface area contributed by atoms with Crippen molar-refractivity contribution in [3.05, 3.63) is 30.4 Å². The molecule has 0 saturated heterocycles. The second-order valence-corrected chi connectivity index (χ2v) is 3.51. The lowest BCUT2D eigenvalue weighted by Crippen LogP contribution is -1.93. The van der Waals surface area contributed by atoms with Gasteiger partial charge in [0, 0.05) is 17.7 Å². The van der Waals surface area contributed by atoms with Crippen LogP contribution in [0.3, 0.4) is 0 Å². The zero-order valence-corrected chi connectivity index (χ0v) is 8.62. The van der Waals surface area contributed by atoms with Crippen molar-refractivity contribution in [1.29, 1.82) is 0 Å². The van der Waals surface area contributed by atoms with E-state index in [-0.39, 0.29) is 6.61 Å². The van der Waals surface area contributed by atoms with Crippen LogP contribution in [0.15, 0.2) is 19.0 Å². The summed E-state index contributed by atoms with van der Waals surface area (Å²) in [6.45, 7) is 5.97. The molecule has 0 spiro atoms. The summed E-state index contributed by atoms with van der Waals surface area (Å²) in [5, 5.41) is 9.83. The van der Waals surface area contributed by atoms with Crippen molar-refractivity contribution in [2.75, 3.05) is 6.61 Å². The van der Waals surface area contributed by atoms with Crippen LogP contribution in [-0.4, -0.2) is 26.7 Å². The fourth-order valence-corrected chi connectivity index (χ4v) is 1.61. The van der Waals surface area contributed by atoms with Crippen molar-refractivity contribution in [3.63, 3.8) is 0 Å². The smallest absolute Gasteiger partial charge is 0.141 e. The maximum absolute atomic E-state index is 8.86. The Morgan fingerprint density at radius 3 is 3.07 bits per heavy atom. The SMILES string of the molecule is C=C(CCO)c1ncnc2[nH]c(C)cc12. The van der Waals surface area contributed by atoms with E-state index >= 15 is 0 Å². The molecule has 0 fully saturated rings. The number of hydrogen-bond donors (Lipinski definition) is 2. The highest BCUT2D eigenvalue weighted by atomic mass is 16.2. The number of aromatic nitrogens is 3. The van der Waals surface area contributed by atoms with Crippen LogP contribution >= 0.6 is 0 Å². The predicted molar refractivity (Wildman–Crippen MR) is 59.4 cm³/mol. The minimum atomic E-state index is 0.0910. The van der Waals surface area contributed by atoms with Gasteiger partial charge in [-0.2, -0.15) is 0 Å². The average molecular weight is 203 g/mol. The molecule has 4 heteroatoms. The highest BCUT2D eigenvalue weighted by Gasteiger charge is 2.08. The zero-order chi connectivity index (χ0) is 10.8. The Morgan fingerprint density at radius 1 is 1.53 bits per heavy atom. The molecule has 0 bridgehead atoms. The van der Waals surface area contributed by atoms with Crippen molar-refractivity contribution in [2.24, 2.45) is 0 Å². The standard InChI is InChI=1S/C11H13N3O/c1-7(3-4-15)10-9-5-8(2)14-11(9)13-6-12-10/h5-6,15H,1,3-4H2,2H3,(H,12,13,14). The van der Waals surface area contributed by atoms with Gasteiger partial charge >= 0.3 is 0 Å². The second-order valence-electron chi connectivity index (χ2n) is 3.51. The molecule has 2 N–H and O–H groups in total. The van der Waals surface area contributed by atoms with Crippen LogP contribution in [0.2, 0.25) is 0 Å². The lowest BCUT2D eigenvalue weighted by atomic mass is 10.1. The Hall–Kier alpha value is -1.68. The van der Waals surface area contributed by atoms with Gasteiger partial charge < -0.3 is 10.1 Å². The van der Waals surface area contributed by atoms with E-state index in [0.29, 0.717) is 6.42 Å². The summed E-state index contributed by atoms with van der Waals surface area (Å²) in [7, 11) is 0. The molecule has 0 aromatic carbocycles. The van der Waals surface area contributed by atoms with Crippen molar-refractivity contribution in [1.82, 2.24) is 15.0 Å². The number of aromatic amines is 1. The van der Waals surface area contributed by atoms with Gasteiger partial charge in [-0.25, -0.2) is 9.97 Å². The molecule has 2 heterocycles. The number of nitrogens with one attached hydrogen (secondary N) is 1. The summed E-state index contributed by atoms with van der Waals surface area (Å²) >= 11 is 0. The molecule has 2 aromatic rings. The van der Waals surface area contributed by atoms with Crippen LogP contribution in [-0.2, 0) is 0 Å². The van der Waals surface area contributed by atoms with Crippen molar-refractivity contribution < 1.29 is 5.11 Å². The van der Waals surface area contributed by atoms with Crippen LogP contribution in [0.1, 0.15) is 17.8 Å². The topological polar surface area (TPSA) is 61.8 Å². The molecule has 4 nitrogen and oxygen atoms in total. The third-order valence-electron chi connectivity index (χ3n) is 2.31. The maximum Gasteiger partial charge on any atom is 0.141 e. The monoisotopic (exact) mass is 203 g/mol. The van der Waals surface area contributed by atoms with Gasteiger partial charge in [0.1, 0.15) is 12.0 Å². The number of H-pyrrole nitrogens is 1. The molecule has 0 aliphatic heterocycles. The quantitative estimate of drug-likeness (QED) is 0.797. The number of hydrogen-bond acceptors (Lipinski definition) is 3. The summed E-state index contributed by atoms with van der Waals surface area (Å²) in [4.78, 5) is 11.5. The predicted octanol–water partition coefficient (Wildman–Crippen LogP) is 1.66. The van der Waals surface area contributed by atoms with E-state index in [1.807, 2.05) is 13.0 Å². The van der Waals surface area contributed by atoms with Gasteiger partial charge in [-0.15, -0.1) is 0 Å². The Balaban J connectivity index is 2.55. The van der Waals surface area contributed by atoms with Gasteiger partial charge in [-0.3, -0.25) is 0 Å². The normalized spacial score (nSPS) is 10.8. The fraction of sp³-hybridized carbons (Fsp3) is 0.273. The number of aliphatic hydroxyl groups is 1. The van der Waals surface area contributed by atoms with Crippen LogP contribution < -0.4 is 0 Å². The first-order valence-electron chi connectivity index (χ1n) is 4.81. The van der Waals surface area contributed by atoms with Crippen LogP contribution in [0.5, 0.6) is 0 Å². The summed E-state index contributed by atoms with van der Waals surface area (Å²) in [6, 6.07) is 1.99. The molecule has 0 amide bonds. The molecular formula is C11H13N3O. The number of nitrogens with zero attached hydrogens (tertiary/aromatic N) is 2. The average Bonchev–Trinajstić information content (AvgIpc) is 2.57. The molecule has 2 aromatic heterocycles. The molecular weight excluding hydrogens is 190 g/mol. The molecule has 0 unspecified atom stereocenters. The van der Waals surface area contributed by atoms with Crippen LogP contribution in [0.4, 0.5) is 0 Å². The van der Waals surface area contributed by atoms with E-state index in [0.717, 1.165) is 28.0 Å². The first-order chi connectivity index (χ1) is 7.22. The minimum Gasteiger partial charge on any atom is -0.396 e. The van der Waals surface area contributed by atoms with Gasteiger partial charge in [0.05, 0.1) is 5.69 Å². The number of aryl methyl sites for hydroxylation is 1. The zero-order valence-electron chi connectivity index (χ0n) is 8.62. The molecule has 15 heavy (non-hydrogen) atoms. The van der Waals surface area contributed by atoms with E-state index in [2.05, 4.69) is 21.5 Å². The van der Waals surface area contributed by atoms with Crippen molar-refractivity contribution in [3.8, 4) is 0 Å². The van der Waals surface area contributed by atoms with Gasteiger partial charge in [-0.05, 0) is 25.0 Å². The molecule has 0 aliphatic rings. The Morgan fingerprint density at radius 2 is 2.33 bits per heavy atom. The van der Waals surface area contributed by atoms with E-state index in [1.54, 1.807) is 0 Å². The minimum absolute atomic E-state index is 0.0910. The fourth-order valence-electron chi connectivity index (χ4n) is 1.61. The van der Waals surface area contributed by atoms with Crippen LogP contribution in [0, 0.1) is 6.92 Å². The lowest BCUT2D eigenvalue weighted by Gasteiger charge is -2.03. The molecule has 0 saturated carbocycles. The van der Waals surface area contributed by atoms with E-state index < -0.39 is 0 Å². The third-order valence-corrected chi connectivity index (χ3v) is 2.31. The van der Waals surface area contributed by atoms with Crippen LogP contribution in [0.25, 0.3) is 16.6 Å². The van der Waals surface area contributed by atoms with E-state index in [9.17, 15) is 0 Å². The summed E-state index contributed by atoms with van der Waals surface area (Å²) < 4.78 is 0. The number of aliphatic hydroxyl groups excluding tert-OH is 1. The van der Waals surface area contributed by atoms with E-state index in [1.165, 1.54) is 6.33 Å². The van der Waals surface area contributed by atoms with Crippen molar-refractivity contribution >= 4 is 16.6 Å². The lowest BCUT2D eigenvalue weighted by molar-refractivity contribution is 0.305. The first kappa shape index (κ1) is 9.86. The Labute approximate surface area is 87.7 Å². The Kier molecular flexibility index (Phi) is 2.51. The molecule has 0 atom stereocenters. The highest BCUT2D eigenvalue weighted by Crippen LogP contribution is 2.22. The molecule has 2 rings (SSSR count). The molecule has 0 radical (unpaired) electrons. The van der Waals surface area contributed by atoms with Gasteiger partial charge in [0.15, 0.2) is 0 Å². The third kappa shape index (κ3) is 1.76. The summed E-state index contributed by atoms with van der Waals surface area (Å²) in [5.41, 5.74) is 3.52.